The number of fused-ring (bicyclic) bond motifs is 1. The second kappa shape index (κ2) is 8.25. The van der Waals surface area contributed by atoms with E-state index in [4.69, 9.17) is 23.2 Å². The number of hydrazone groups is 1. The maximum Gasteiger partial charge on any atom is 0.150 e. The summed E-state index contributed by atoms with van der Waals surface area (Å²) < 4.78 is 0. The summed E-state index contributed by atoms with van der Waals surface area (Å²) in [6, 6.07) is 19.6. The molecule has 0 unspecified atom stereocenters. The lowest BCUT2D eigenvalue weighted by molar-refractivity contribution is 0.475. The molecule has 0 fully saturated rings. The fourth-order valence-electron chi connectivity index (χ4n) is 4.11. The van der Waals surface area contributed by atoms with Gasteiger partial charge in [0.05, 0.1) is 0 Å². The normalized spacial score (nSPS) is 14.4. The second-order valence-electron chi connectivity index (χ2n) is 7.62. The average molecular weight is 418 g/mol. The molecule has 0 amide bonds. The number of amidine groups is 1. The fourth-order valence-corrected chi connectivity index (χ4v) is 4.46. The molecule has 5 N–H and O–H groups in total. The quantitative estimate of drug-likeness (QED) is 0.236. The third-order valence-corrected chi connectivity index (χ3v) is 5.90. The van der Waals surface area contributed by atoms with E-state index in [1.165, 1.54) is 11.1 Å². The van der Waals surface area contributed by atoms with Crippen LogP contribution in [0.1, 0.15) is 46.2 Å². The Balaban J connectivity index is 2.00. The number of hydrogen-bond acceptors (Lipinski definition) is 3. The van der Waals surface area contributed by atoms with Crippen LogP contribution in [0.15, 0.2) is 65.8 Å². The van der Waals surface area contributed by atoms with Gasteiger partial charge in [-0.25, -0.2) is 0 Å². The maximum atomic E-state index is 9.81. The number of aromatic hydroxyl groups is 1. The van der Waals surface area contributed by atoms with E-state index in [0.717, 1.165) is 57.7 Å². The summed E-state index contributed by atoms with van der Waals surface area (Å²) >= 11 is 6.69. The van der Waals surface area contributed by atoms with Crippen LogP contribution in [0.25, 0.3) is 11.1 Å². The number of hydrogen-bond donors (Lipinski definition) is 3. The Kier molecular flexibility index (Phi) is 5.51. The number of phenols is 1. The molecule has 1 aliphatic rings. The van der Waals surface area contributed by atoms with Crippen LogP contribution in [-0.2, 0) is 6.42 Å². The number of nitrogens with two attached hydrogens (primary N) is 2. The molecule has 152 valence electrons. The molecule has 4 rings (SSSR count). The molecule has 0 aromatic heterocycles. The highest BCUT2D eigenvalue weighted by Gasteiger charge is 2.22. The lowest BCUT2D eigenvalue weighted by Gasteiger charge is -2.18. The molecule has 0 bridgehead atoms. The van der Waals surface area contributed by atoms with Crippen molar-refractivity contribution in [2.24, 2.45) is 16.7 Å². The molecule has 1 aliphatic carbocycles. The van der Waals surface area contributed by atoms with Gasteiger partial charge in [0, 0.05) is 10.6 Å². The van der Waals surface area contributed by atoms with E-state index in [2.05, 4.69) is 29.4 Å². The number of allylic oxidation sites excluding steroid dienone is 1. The molecular formula is C25H24ClN3O. The summed E-state index contributed by atoms with van der Waals surface area (Å²) in [5, 5.41) is 14.2. The Bertz CT molecular complexity index is 1160. The third-order valence-electron chi connectivity index (χ3n) is 5.59. The van der Waals surface area contributed by atoms with Crippen LogP contribution < -0.4 is 11.6 Å². The topological polar surface area (TPSA) is 84.6 Å². The number of phenolic OH excluding ortho intramolecular Hbond substituents is 1. The first-order chi connectivity index (χ1) is 14.5. The molecule has 0 atom stereocenters. The monoisotopic (exact) mass is 417 g/mol. The van der Waals surface area contributed by atoms with Gasteiger partial charge >= 0.3 is 0 Å². The number of benzene rings is 3. The van der Waals surface area contributed by atoms with Gasteiger partial charge in [0.2, 0.25) is 0 Å². The zero-order valence-electron chi connectivity index (χ0n) is 16.8. The Morgan fingerprint density at radius 1 is 0.967 bits per heavy atom. The van der Waals surface area contributed by atoms with Crippen molar-refractivity contribution >= 4 is 28.6 Å². The summed E-state index contributed by atoms with van der Waals surface area (Å²) in [4.78, 5) is 0. The number of nitrogens with zero attached hydrogens (tertiary/aromatic N) is 1. The van der Waals surface area contributed by atoms with E-state index in [1.807, 2.05) is 31.2 Å². The van der Waals surface area contributed by atoms with Gasteiger partial charge in [-0.2, -0.15) is 5.10 Å². The minimum Gasteiger partial charge on any atom is -0.508 e. The van der Waals surface area contributed by atoms with Crippen molar-refractivity contribution < 1.29 is 5.11 Å². The maximum absolute atomic E-state index is 9.81. The molecule has 0 aliphatic heterocycles. The highest BCUT2D eigenvalue weighted by atomic mass is 35.5. The number of aryl methyl sites for hydroxylation is 2. The van der Waals surface area contributed by atoms with Crippen LogP contribution in [0.2, 0.25) is 5.02 Å². The van der Waals surface area contributed by atoms with Crippen LogP contribution in [0, 0.1) is 6.92 Å². The van der Waals surface area contributed by atoms with Gasteiger partial charge in [-0.05, 0) is 89.4 Å². The Morgan fingerprint density at radius 2 is 1.70 bits per heavy atom. The zero-order valence-corrected chi connectivity index (χ0v) is 17.6. The average Bonchev–Trinajstić information content (AvgIpc) is 2.93. The predicted molar refractivity (Wildman–Crippen MR) is 125 cm³/mol. The van der Waals surface area contributed by atoms with Crippen molar-refractivity contribution in [2.75, 3.05) is 0 Å². The molecule has 0 spiro atoms. The fraction of sp³-hybridized carbons (Fsp3) is 0.160. The summed E-state index contributed by atoms with van der Waals surface area (Å²) in [5.74, 6) is 5.95. The van der Waals surface area contributed by atoms with Crippen LogP contribution in [0.4, 0.5) is 0 Å². The molecule has 5 heteroatoms. The van der Waals surface area contributed by atoms with Crippen molar-refractivity contribution in [1.82, 2.24) is 0 Å². The minimum absolute atomic E-state index is 0.241. The molecule has 3 aromatic rings. The lowest BCUT2D eigenvalue weighted by Crippen LogP contribution is -2.16. The number of halogens is 1. The SMILES string of the molecule is Cc1ccc(C2=C(c3ccc(O)cc3)c3ccc(/C(N)=N/N)cc3CCC2)c(Cl)c1. The molecule has 0 saturated carbocycles. The zero-order chi connectivity index (χ0) is 21.3. The van der Waals surface area contributed by atoms with E-state index in [-0.39, 0.29) is 5.75 Å². The van der Waals surface area contributed by atoms with Gasteiger partial charge < -0.3 is 16.7 Å². The third kappa shape index (κ3) is 3.79. The summed E-state index contributed by atoms with van der Waals surface area (Å²) in [6.07, 6.45) is 2.79. The molecule has 0 radical (unpaired) electrons. The van der Waals surface area contributed by atoms with Crippen molar-refractivity contribution in [3.05, 3.63) is 99.1 Å². The Labute approximate surface area is 181 Å². The van der Waals surface area contributed by atoms with E-state index >= 15 is 0 Å². The first kappa shape index (κ1) is 20.0. The summed E-state index contributed by atoms with van der Waals surface area (Å²) in [5.41, 5.74) is 14.6. The molecule has 0 heterocycles. The smallest absolute Gasteiger partial charge is 0.150 e. The van der Waals surface area contributed by atoms with E-state index in [9.17, 15) is 5.11 Å². The highest BCUT2D eigenvalue weighted by molar-refractivity contribution is 6.32. The molecule has 30 heavy (non-hydrogen) atoms. The van der Waals surface area contributed by atoms with E-state index in [0.29, 0.717) is 5.84 Å². The van der Waals surface area contributed by atoms with Gasteiger partial charge in [-0.15, -0.1) is 0 Å². The summed E-state index contributed by atoms with van der Waals surface area (Å²) in [6.45, 7) is 2.04. The van der Waals surface area contributed by atoms with Crippen molar-refractivity contribution in [3.63, 3.8) is 0 Å². The van der Waals surface area contributed by atoms with E-state index in [1.54, 1.807) is 12.1 Å². The molecule has 3 aromatic carbocycles. The predicted octanol–water partition coefficient (Wildman–Crippen LogP) is 5.23. The van der Waals surface area contributed by atoms with Crippen LogP contribution in [0.5, 0.6) is 5.75 Å². The van der Waals surface area contributed by atoms with Crippen molar-refractivity contribution in [1.29, 1.82) is 0 Å². The Hall–Kier alpha value is -3.24. The largest absolute Gasteiger partial charge is 0.508 e. The molecule has 4 nitrogen and oxygen atoms in total. The first-order valence-corrected chi connectivity index (χ1v) is 10.3. The standard InChI is InChI=1S/C25H24ClN3O/c1-15-5-11-21(23(26)13-15)22-4-2-3-17-14-18(25(27)29-28)8-12-20(17)24(22)16-6-9-19(30)10-7-16/h5-14,30H,2-4,28H2,1H3,(H2,27,29). The van der Waals surface area contributed by atoms with Gasteiger partial charge in [-0.1, -0.05) is 48.0 Å². The van der Waals surface area contributed by atoms with Crippen molar-refractivity contribution in [3.8, 4) is 5.75 Å². The van der Waals surface area contributed by atoms with Crippen LogP contribution >= 0.6 is 11.6 Å². The second-order valence-corrected chi connectivity index (χ2v) is 8.03. The van der Waals surface area contributed by atoms with Gasteiger partial charge in [0.25, 0.3) is 0 Å². The van der Waals surface area contributed by atoms with Gasteiger partial charge in [-0.3, -0.25) is 0 Å². The van der Waals surface area contributed by atoms with Crippen LogP contribution in [0.3, 0.4) is 0 Å². The molecular weight excluding hydrogens is 394 g/mol. The van der Waals surface area contributed by atoms with Gasteiger partial charge in [0.1, 0.15) is 11.6 Å². The number of rotatable bonds is 3. The lowest BCUT2D eigenvalue weighted by atomic mass is 9.87. The van der Waals surface area contributed by atoms with E-state index < -0.39 is 0 Å². The van der Waals surface area contributed by atoms with Crippen molar-refractivity contribution in [2.45, 2.75) is 26.2 Å². The summed E-state index contributed by atoms with van der Waals surface area (Å²) in [7, 11) is 0. The highest BCUT2D eigenvalue weighted by Crippen LogP contribution is 2.42. The first-order valence-electron chi connectivity index (χ1n) is 9.94. The Morgan fingerprint density at radius 3 is 2.40 bits per heavy atom. The van der Waals surface area contributed by atoms with Gasteiger partial charge in [0.15, 0.2) is 0 Å². The minimum atomic E-state index is 0.241. The van der Waals surface area contributed by atoms with Crippen LogP contribution in [-0.4, -0.2) is 10.9 Å². The molecule has 0 saturated heterocycles.